The molecule has 1 saturated carbocycles. The monoisotopic (exact) mass is 339 g/mol. The van der Waals surface area contributed by atoms with E-state index in [0.717, 1.165) is 19.4 Å². The second-order valence-corrected chi connectivity index (χ2v) is 7.03. The van der Waals surface area contributed by atoms with Gasteiger partial charge in [-0.15, -0.1) is 10.2 Å². The number of thioether (sulfide) groups is 1. The van der Waals surface area contributed by atoms with Crippen molar-refractivity contribution >= 4 is 23.7 Å². The number of aryl methyl sites for hydroxylation is 1. The zero-order chi connectivity index (χ0) is 16.8. The molecule has 8 heteroatoms. The minimum Gasteiger partial charge on any atom is -0.335 e. The topological polar surface area (TPSA) is 88.9 Å². The summed E-state index contributed by atoms with van der Waals surface area (Å²) in [4.78, 5) is 23.9. The average Bonchev–Trinajstić information content (AvgIpc) is 2.97. The smallest absolute Gasteiger partial charge is 0.321 e. The quantitative estimate of drug-likeness (QED) is 0.801. The van der Waals surface area contributed by atoms with Gasteiger partial charge in [0.25, 0.3) is 0 Å². The Balaban J connectivity index is 1.75. The first-order valence-electron chi connectivity index (χ1n) is 8.12. The van der Waals surface area contributed by atoms with Crippen LogP contribution >= 0.6 is 11.8 Å². The average molecular weight is 339 g/mol. The third-order valence-corrected chi connectivity index (χ3v) is 5.51. The summed E-state index contributed by atoms with van der Waals surface area (Å²) >= 11 is 1.27. The predicted octanol–water partition coefficient (Wildman–Crippen LogP) is 2.04. The van der Waals surface area contributed by atoms with Crippen LogP contribution in [0.5, 0.6) is 0 Å². The molecule has 1 aromatic heterocycles. The van der Waals surface area contributed by atoms with Gasteiger partial charge in [-0.1, -0.05) is 38.5 Å². The molecule has 0 aromatic carbocycles. The van der Waals surface area contributed by atoms with E-state index < -0.39 is 6.03 Å². The molecule has 1 aromatic rings. The van der Waals surface area contributed by atoms with Gasteiger partial charge in [0.05, 0.1) is 5.75 Å². The number of rotatable bonds is 5. The molecular formula is C15H25N5O2S. The highest BCUT2D eigenvalue weighted by Crippen LogP contribution is 2.29. The third-order valence-electron chi connectivity index (χ3n) is 4.53. The highest BCUT2D eigenvalue weighted by molar-refractivity contribution is 7.99. The van der Waals surface area contributed by atoms with Gasteiger partial charge < -0.3 is 9.88 Å². The summed E-state index contributed by atoms with van der Waals surface area (Å²) < 4.78 is 1.85. The molecule has 2 N–H and O–H groups in total. The van der Waals surface area contributed by atoms with Gasteiger partial charge in [0, 0.05) is 12.6 Å². The Morgan fingerprint density at radius 3 is 2.91 bits per heavy atom. The van der Waals surface area contributed by atoms with Gasteiger partial charge in [0.15, 0.2) is 5.16 Å². The molecule has 0 unspecified atom stereocenters. The third kappa shape index (κ3) is 4.95. The normalized spacial score (nSPS) is 24.2. The van der Waals surface area contributed by atoms with Gasteiger partial charge in [-0.2, -0.15) is 0 Å². The second kappa shape index (κ2) is 8.33. The second-order valence-electron chi connectivity index (χ2n) is 6.08. The molecule has 1 aliphatic carbocycles. The predicted molar refractivity (Wildman–Crippen MR) is 89.1 cm³/mol. The van der Waals surface area contributed by atoms with Crippen LogP contribution in [-0.4, -0.2) is 38.5 Å². The number of urea groups is 1. The molecule has 1 aliphatic rings. The van der Waals surface area contributed by atoms with Crippen LogP contribution in [0, 0.1) is 11.8 Å². The fraction of sp³-hybridized carbons (Fsp3) is 0.733. The number of aromatic nitrogens is 3. The van der Waals surface area contributed by atoms with Crippen LogP contribution in [0.4, 0.5) is 4.79 Å². The Bertz CT molecular complexity index is 548. The van der Waals surface area contributed by atoms with Crippen molar-refractivity contribution in [2.24, 2.45) is 11.8 Å². The molecule has 23 heavy (non-hydrogen) atoms. The van der Waals surface area contributed by atoms with Gasteiger partial charge in [0.1, 0.15) is 6.33 Å². The number of carbonyl (C=O) groups excluding carboxylic acids is 2. The molecule has 0 aliphatic heterocycles. The number of amides is 3. The molecule has 0 saturated heterocycles. The molecule has 3 atom stereocenters. The number of nitrogens with zero attached hydrogens (tertiary/aromatic N) is 3. The van der Waals surface area contributed by atoms with Crippen molar-refractivity contribution in [3.05, 3.63) is 6.33 Å². The van der Waals surface area contributed by atoms with Gasteiger partial charge >= 0.3 is 6.03 Å². The summed E-state index contributed by atoms with van der Waals surface area (Å²) in [5, 5.41) is 13.8. The highest BCUT2D eigenvalue weighted by Gasteiger charge is 2.28. The van der Waals surface area contributed by atoms with E-state index in [9.17, 15) is 9.59 Å². The number of carbonyl (C=O) groups is 2. The lowest BCUT2D eigenvalue weighted by molar-refractivity contribution is -0.117. The van der Waals surface area contributed by atoms with E-state index in [2.05, 4.69) is 34.7 Å². The van der Waals surface area contributed by atoms with Crippen LogP contribution in [-0.2, 0) is 11.3 Å². The molecule has 0 radical (unpaired) electrons. The van der Waals surface area contributed by atoms with Crippen molar-refractivity contribution in [3.63, 3.8) is 0 Å². The van der Waals surface area contributed by atoms with Crippen LogP contribution in [0.3, 0.4) is 0 Å². The molecule has 0 bridgehead atoms. The Morgan fingerprint density at radius 2 is 2.17 bits per heavy atom. The molecule has 128 valence electrons. The molecule has 3 amide bonds. The largest absolute Gasteiger partial charge is 0.335 e. The summed E-state index contributed by atoms with van der Waals surface area (Å²) in [5.41, 5.74) is 0. The van der Waals surface area contributed by atoms with Crippen molar-refractivity contribution in [1.29, 1.82) is 0 Å². The maximum atomic E-state index is 12.0. The van der Waals surface area contributed by atoms with Crippen molar-refractivity contribution in [2.75, 3.05) is 5.75 Å². The van der Waals surface area contributed by atoms with Crippen LogP contribution in [0.1, 0.15) is 40.0 Å². The molecule has 0 spiro atoms. The fourth-order valence-electron chi connectivity index (χ4n) is 2.86. The van der Waals surface area contributed by atoms with Crippen LogP contribution in [0.2, 0.25) is 0 Å². The first kappa shape index (κ1) is 17.8. The fourth-order valence-corrected chi connectivity index (χ4v) is 3.64. The summed E-state index contributed by atoms with van der Waals surface area (Å²) in [6.07, 6.45) is 4.92. The zero-order valence-corrected chi connectivity index (χ0v) is 14.7. The maximum absolute atomic E-state index is 12.0. The minimum atomic E-state index is -0.404. The summed E-state index contributed by atoms with van der Waals surface area (Å²) in [7, 11) is 0. The first-order valence-corrected chi connectivity index (χ1v) is 9.10. The van der Waals surface area contributed by atoms with Gasteiger partial charge in [-0.05, 0) is 25.2 Å². The highest BCUT2D eigenvalue weighted by atomic mass is 32.2. The molecule has 7 nitrogen and oxygen atoms in total. The Hall–Kier alpha value is -1.57. The van der Waals surface area contributed by atoms with E-state index in [1.54, 1.807) is 6.33 Å². The maximum Gasteiger partial charge on any atom is 0.321 e. The van der Waals surface area contributed by atoms with Crippen molar-refractivity contribution in [1.82, 2.24) is 25.4 Å². The number of nitrogens with one attached hydrogen (secondary N) is 2. The molecule has 1 fully saturated rings. The summed E-state index contributed by atoms with van der Waals surface area (Å²) in [5.74, 6) is 0.848. The molecule has 1 heterocycles. The van der Waals surface area contributed by atoms with E-state index in [4.69, 9.17) is 0 Å². The lowest BCUT2D eigenvalue weighted by Gasteiger charge is -2.34. The number of hydrogen-bond donors (Lipinski definition) is 2. The van der Waals surface area contributed by atoms with Crippen LogP contribution < -0.4 is 10.6 Å². The van der Waals surface area contributed by atoms with Crippen LogP contribution in [0.15, 0.2) is 11.5 Å². The van der Waals surface area contributed by atoms with E-state index in [-0.39, 0.29) is 17.7 Å². The van der Waals surface area contributed by atoms with Crippen molar-refractivity contribution in [3.8, 4) is 0 Å². The van der Waals surface area contributed by atoms with Gasteiger partial charge in [-0.25, -0.2) is 4.79 Å². The van der Waals surface area contributed by atoms with E-state index in [1.165, 1.54) is 18.2 Å². The minimum absolute atomic E-state index is 0.141. The lowest BCUT2D eigenvalue weighted by Crippen LogP contribution is -2.49. The first-order chi connectivity index (χ1) is 11.0. The summed E-state index contributed by atoms with van der Waals surface area (Å²) in [6.45, 7) is 7.09. The number of hydrogen-bond acceptors (Lipinski definition) is 5. The van der Waals surface area contributed by atoms with Gasteiger partial charge in [-0.3, -0.25) is 10.1 Å². The zero-order valence-electron chi connectivity index (χ0n) is 13.9. The van der Waals surface area contributed by atoms with E-state index in [1.807, 2.05) is 11.5 Å². The SMILES string of the molecule is CCn1cnnc1SCC(=O)NC(=O)N[C@@H]1CCC[C@H](C)[C@H]1C. The van der Waals surface area contributed by atoms with E-state index in [0.29, 0.717) is 17.0 Å². The van der Waals surface area contributed by atoms with Crippen LogP contribution in [0.25, 0.3) is 0 Å². The summed E-state index contributed by atoms with van der Waals surface area (Å²) in [6, 6.07) is -0.263. The van der Waals surface area contributed by atoms with E-state index >= 15 is 0 Å². The Labute approximate surface area is 141 Å². The lowest BCUT2D eigenvalue weighted by atomic mass is 9.78. The Morgan fingerprint density at radius 1 is 1.39 bits per heavy atom. The standard InChI is InChI=1S/C15H25N5O2S/c1-4-20-9-16-19-15(20)23-8-13(21)18-14(22)17-12-7-5-6-10(2)11(12)3/h9-12H,4-8H2,1-3H3,(H2,17,18,21,22)/t10-,11+,12+/m0/s1. The molecule has 2 rings (SSSR count). The van der Waals surface area contributed by atoms with Gasteiger partial charge in [0.2, 0.25) is 5.91 Å². The number of imide groups is 1. The Kier molecular flexibility index (Phi) is 6.44. The van der Waals surface area contributed by atoms with Crippen molar-refractivity contribution in [2.45, 2.75) is 57.8 Å². The van der Waals surface area contributed by atoms with Crippen molar-refractivity contribution < 1.29 is 9.59 Å². The molecular weight excluding hydrogens is 314 g/mol.